The lowest BCUT2D eigenvalue weighted by molar-refractivity contribution is -0.133. The Morgan fingerprint density at radius 1 is 1.21 bits per heavy atom. The van der Waals surface area contributed by atoms with Crippen LogP contribution in [0.25, 0.3) is 0 Å². The summed E-state index contributed by atoms with van der Waals surface area (Å²) in [7, 11) is 2.20. The normalized spacial score (nSPS) is 29.1. The third kappa shape index (κ3) is 1.67. The molecule has 100 valence electrons. The van der Waals surface area contributed by atoms with Crippen LogP contribution in [-0.4, -0.2) is 37.0 Å². The number of carbonyl (C=O) groups excluding carboxylic acids is 1. The third-order valence-electron chi connectivity index (χ3n) is 5.03. The van der Waals surface area contributed by atoms with E-state index >= 15 is 0 Å². The second-order valence-electron chi connectivity index (χ2n) is 6.19. The van der Waals surface area contributed by atoms with Gasteiger partial charge in [-0.2, -0.15) is 0 Å². The number of nitrogens with zero attached hydrogens (tertiary/aromatic N) is 2. The van der Waals surface area contributed by atoms with Crippen LogP contribution in [0.15, 0.2) is 24.3 Å². The molecule has 2 fully saturated rings. The SMILES string of the molecule is CN1c2ccccc2[C@@H]2CN(C(=O)C3CC3)CC[C@@H]21. The van der Waals surface area contributed by atoms with Crippen LogP contribution in [0.5, 0.6) is 0 Å². The molecule has 0 spiro atoms. The number of piperidine rings is 1. The summed E-state index contributed by atoms with van der Waals surface area (Å²) in [6.07, 6.45) is 3.33. The van der Waals surface area contributed by atoms with Gasteiger partial charge in [0.15, 0.2) is 0 Å². The van der Waals surface area contributed by atoms with E-state index in [1.807, 2.05) is 0 Å². The molecule has 1 aromatic rings. The van der Waals surface area contributed by atoms with E-state index in [9.17, 15) is 4.79 Å². The van der Waals surface area contributed by atoms with Gasteiger partial charge >= 0.3 is 0 Å². The molecule has 2 aliphatic heterocycles. The number of carbonyl (C=O) groups is 1. The fourth-order valence-corrected chi connectivity index (χ4v) is 3.80. The molecule has 3 heteroatoms. The van der Waals surface area contributed by atoms with Crippen LogP contribution in [0.3, 0.4) is 0 Å². The highest BCUT2D eigenvalue weighted by atomic mass is 16.2. The summed E-state index contributed by atoms with van der Waals surface area (Å²) in [4.78, 5) is 16.8. The van der Waals surface area contributed by atoms with Crippen molar-refractivity contribution in [1.29, 1.82) is 0 Å². The molecule has 4 rings (SSSR count). The molecule has 0 unspecified atom stereocenters. The van der Waals surface area contributed by atoms with Gasteiger partial charge in [0.05, 0.1) is 0 Å². The molecule has 1 amide bonds. The molecule has 19 heavy (non-hydrogen) atoms. The van der Waals surface area contributed by atoms with Crippen LogP contribution in [0.1, 0.15) is 30.7 Å². The molecule has 1 saturated carbocycles. The van der Waals surface area contributed by atoms with Crippen LogP contribution in [0.4, 0.5) is 5.69 Å². The number of hydrogen-bond donors (Lipinski definition) is 0. The van der Waals surface area contributed by atoms with Crippen LogP contribution in [0, 0.1) is 5.92 Å². The number of hydrogen-bond acceptors (Lipinski definition) is 2. The van der Waals surface area contributed by atoms with E-state index in [1.165, 1.54) is 11.3 Å². The number of para-hydroxylation sites is 1. The molecule has 0 radical (unpaired) electrons. The topological polar surface area (TPSA) is 23.6 Å². The Hall–Kier alpha value is -1.51. The van der Waals surface area contributed by atoms with Gasteiger partial charge in [-0.15, -0.1) is 0 Å². The number of benzene rings is 1. The van der Waals surface area contributed by atoms with Crippen LogP contribution < -0.4 is 4.90 Å². The van der Waals surface area contributed by atoms with Crippen LogP contribution >= 0.6 is 0 Å². The maximum absolute atomic E-state index is 12.3. The second-order valence-corrected chi connectivity index (χ2v) is 6.19. The predicted octanol–water partition coefficient (Wildman–Crippen LogP) is 2.23. The smallest absolute Gasteiger partial charge is 0.225 e. The van der Waals surface area contributed by atoms with Crippen molar-refractivity contribution >= 4 is 11.6 Å². The van der Waals surface area contributed by atoms with Crippen molar-refractivity contribution in [3.8, 4) is 0 Å². The summed E-state index contributed by atoms with van der Waals surface area (Å²) in [6.45, 7) is 1.86. The third-order valence-corrected chi connectivity index (χ3v) is 5.03. The van der Waals surface area contributed by atoms with Crippen molar-refractivity contribution in [2.24, 2.45) is 5.92 Å². The molecule has 0 aromatic heterocycles. The first-order chi connectivity index (χ1) is 9.25. The van der Waals surface area contributed by atoms with Gasteiger partial charge in [-0.1, -0.05) is 18.2 Å². The lowest BCUT2D eigenvalue weighted by atomic mass is 9.89. The molecule has 2 heterocycles. The van der Waals surface area contributed by atoms with Gasteiger partial charge in [0, 0.05) is 43.7 Å². The van der Waals surface area contributed by atoms with Gasteiger partial charge < -0.3 is 9.80 Å². The summed E-state index contributed by atoms with van der Waals surface area (Å²) in [5, 5.41) is 0. The fourth-order valence-electron chi connectivity index (χ4n) is 3.80. The number of likely N-dealkylation sites (tertiary alicyclic amines) is 1. The van der Waals surface area contributed by atoms with Gasteiger partial charge in [0.25, 0.3) is 0 Å². The van der Waals surface area contributed by atoms with Crippen molar-refractivity contribution in [2.45, 2.75) is 31.2 Å². The summed E-state index contributed by atoms with van der Waals surface area (Å²) in [6, 6.07) is 9.26. The minimum Gasteiger partial charge on any atom is -0.371 e. The van der Waals surface area contributed by atoms with E-state index in [2.05, 4.69) is 41.1 Å². The van der Waals surface area contributed by atoms with Crippen molar-refractivity contribution in [3.63, 3.8) is 0 Å². The molecule has 1 saturated heterocycles. The first-order valence-electron chi connectivity index (χ1n) is 7.36. The first-order valence-corrected chi connectivity index (χ1v) is 7.36. The highest BCUT2D eigenvalue weighted by Crippen LogP contribution is 2.44. The van der Waals surface area contributed by atoms with Crippen LogP contribution in [-0.2, 0) is 4.79 Å². The van der Waals surface area contributed by atoms with Crippen LogP contribution in [0.2, 0.25) is 0 Å². The Balaban J connectivity index is 1.61. The molecular weight excluding hydrogens is 236 g/mol. The molecule has 3 aliphatic rings. The zero-order valence-electron chi connectivity index (χ0n) is 11.4. The highest BCUT2D eigenvalue weighted by molar-refractivity contribution is 5.81. The number of anilines is 1. The average molecular weight is 256 g/mol. The van der Waals surface area contributed by atoms with Gasteiger partial charge in [0.1, 0.15) is 0 Å². The molecule has 1 aromatic carbocycles. The van der Waals surface area contributed by atoms with Crippen molar-refractivity contribution in [2.75, 3.05) is 25.0 Å². The van der Waals surface area contributed by atoms with E-state index in [0.717, 1.165) is 32.4 Å². The maximum atomic E-state index is 12.3. The van der Waals surface area contributed by atoms with E-state index in [-0.39, 0.29) is 0 Å². The van der Waals surface area contributed by atoms with Crippen molar-refractivity contribution < 1.29 is 4.79 Å². The summed E-state index contributed by atoms with van der Waals surface area (Å²) < 4.78 is 0. The lowest BCUT2D eigenvalue weighted by Gasteiger charge is -2.37. The fraction of sp³-hybridized carbons (Fsp3) is 0.562. The zero-order chi connectivity index (χ0) is 13.0. The summed E-state index contributed by atoms with van der Waals surface area (Å²) >= 11 is 0. The number of rotatable bonds is 1. The van der Waals surface area contributed by atoms with Gasteiger partial charge in [-0.3, -0.25) is 4.79 Å². The quantitative estimate of drug-likeness (QED) is 0.769. The summed E-state index contributed by atoms with van der Waals surface area (Å²) in [5.41, 5.74) is 2.79. The Kier molecular flexibility index (Phi) is 2.38. The van der Waals surface area contributed by atoms with Crippen molar-refractivity contribution in [3.05, 3.63) is 29.8 Å². The maximum Gasteiger partial charge on any atom is 0.225 e. The van der Waals surface area contributed by atoms with Gasteiger partial charge in [0.2, 0.25) is 5.91 Å². The van der Waals surface area contributed by atoms with E-state index in [1.54, 1.807) is 0 Å². The first kappa shape index (κ1) is 11.3. The molecular formula is C16H20N2O. The highest BCUT2D eigenvalue weighted by Gasteiger charge is 2.43. The van der Waals surface area contributed by atoms with E-state index in [4.69, 9.17) is 0 Å². The minimum absolute atomic E-state index is 0.353. The Labute approximate surface area is 114 Å². The molecule has 2 atom stereocenters. The standard InChI is InChI=1S/C16H20N2O/c1-17-14-5-3-2-4-12(14)13-10-18(9-8-15(13)17)16(19)11-6-7-11/h2-5,11,13,15H,6-10H2,1H3/t13-,15-/m0/s1. The minimum atomic E-state index is 0.353. The lowest BCUT2D eigenvalue weighted by Crippen LogP contribution is -2.47. The Morgan fingerprint density at radius 3 is 2.79 bits per heavy atom. The Bertz CT molecular complexity index is 523. The number of amides is 1. The molecule has 1 aliphatic carbocycles. The van der Waals surface area contributed by atoms with Gasteiger partial charge in [-0.25, -0.2) is 0 Å². The zero-order valence-corrected chi connectivity index (χ0v) is 11.4. The summed E-state index contributed by atoms with van der Waals surface area (Å²) in [5.74, 6) is 1.27. The number of likely N-dealkylation sites (N-methyl/N-ethyl adjacent to an activating group) is 1. The largest absolute Gasteiger partial charge is 0.371 e. The van der Waals surface area contributed by atoms with E-state index in [0.29, 0.717) is 23.8 Å². The molecule has 0 N–H and O–H groups in total. The van der Waals surface area contributed by atoms with Gasteiger partial charge in [-0.05, 0) is 30.9 Å². The molecule has 0 bridgehead atoms. The van der Waals surface area contributed by atoms with Crippen molar-refractivity contribution in [1.82, 2.24) is 4.90 Å². The monoisotopic (exact) mass is 256 g/mol. The predicted molar refractivity (Wildman–Crippen MR) is 75.3 cm³/mol. The Morgan fingerprint density at radius 2 is 2.00 bits per heavy atom. The molecule has 3 nitrogen and oxygen atoms in total. The average Bonchev–Trinajstić information content (AvgIpc) is 3.26. The number of fused-ring (bicyclic) bond motifs is 3. The van der Waals surface area contributed by atoms with E-state index < -0.39 is 0 Å². The second kappa shape index (κ2) is 3.99.